The van der Waals surface area contributed by atoms with Crippen molar-refractivity contribution < 1.29 is 14.1 Å². The predicted octanol–water partition coefficient (Wildman–Crippen LogP) is 2.92. The molecule has 22 heavy (non-hydrogen) atoms. The number of benzene rings is 2. The molecule has 1 aliphatic carbocycles. The van der Waals surface area contributed by atoms with Gasteiger partial charge in [-0.05, 0) is 5.56 Å². The molecule has 0 aliphatic heterocycles. The van der Waals surface area contributed by atoms with E-state index in [0.29, 0.717) is 11.1 Å². The number of carbonyl (C=O) groups excluding carboxylic acids is 2. The van der Waals surface area contributed by atoms with Crippen LogP contribution in [0.1, 0.15) is 32.2 Å². The number of Topliss-reactive ketones (excluding diaryl/α,β-unsaturated/α-hetero) is 2. The molecule has 108 valence electrons. The average Bonchev–Trinajstić information content (AvgIpc) is 3.22. The number of aromatic nitrogens is 2. The fourth-order valence-corrected chi connectivity index (χ4v) is 2.43. The zero-order valence-electron chi connectivity index (χ0n) is 11.5. The first-order chi connectivity index (χ1) is 10.8. The zero-order valence-corrected chi connectivity index (χ0v) is 11.5. The molecule has 0 bridgehead atoms. The number of hydrogen-bond donors (Lipinski definition) is 0. The third-order valence-electron chi connectivity index (χ3n) is 3.40. The Morgan fingerprint density at radius 1 is 0.818 bits per heavy atom. The summed E-state index contributed by atoms with van der Waals surface area (Å²) >= 11 is 0. The summed E-state index contributed by atoms with van der Waals surface area (Å²) in [6.07, 6.45) is 2.88. The van der Waals surface area contributed by atoms with Gasteiger partial charge < -0.3 is 4.52 Å². The van der Waals surface area contributed by atoms with Crippen molar-refractivity contribution in [3.8, 4) is 0 Å². The Morgan fingerprint density at radius 3 is 1.86 bits per heavy atom. The molecular formula is C17H12N2O3. The number of rotatable bonds is 1. The van der Waals surface area contributed by atoms with Crippen LogP contribution in [0.25, 0.3) is 0 Å². The highest BCUT2D eigenvalue weighted by atomic mass is 16.5. The summed E-state index contributed by atoms with van der Waals surface area (Å²) in [5.74, 6) is -0.817. The van der Waals surface area contributed by atoms with Crippen molar-refractivity contribution >= 4 is 11.6 Å². The Bertz CT molecular complexity index is 730. The second kappa shape index (κ2) is 6.13. The molecule has 3 aromatic rings. The third kappa shape index (κ3) is 2.56. The minimum atomic E-state index is -0.645. The Balaban J connectivity index is 0.000000246. The van der Waals surface area contributed by atoms with Crippen molar-refractivity contribution in [2.24, 2.45) is 0 Å². The van der Waals surface area contributed by atoms with Crippen molar-refractivity contribution in [2.75, 3.05) is 0 Å². The summed E-state index contributed by atoms with van der Waals surface area (Å²) in [7, 11) is 0. The number of carbonyl (C=O) groups is 2. The third-order valence-corrected chi connectivity index (χ3v) is 3.40. The lowest BCUT2D eigenvalue weighted by Crippen LogP contribution is -2.12. The second-order valence-electron chi connectivity index (χ2n) is 4.71. The van der Waals surface area contributed by atoms with E-state index in [1.807, 2.05) is 30.3 Å². The van der Waals surface area contributed by atoms with E-state index >= 15 is 0 Å². The van der Waals surface area contributed by atoms with Crippen LogP contribution in [-0.4, -0.2) is 21.9 Å². The van der Waals surface area contributed by atoms with Gasteiger partial charge in [0.25, 0.3) is 0 Å². The van der Waals surface area contributed by atoms with Crippen LogP contribution in [0, 0.1) is 0 Å². The van der Waals surface area contributed by atoms with E-state index in [0.717, 1.165) is 5.56 Å². The molecule has 0 unspecified atom stereocenters. The fourth-order valence-electron chi connectivity index (χ4n) is 2.43. The highest BCUT2D eigenvalue weighted by molar-refractivity contribution is 6.29. The molecule has 1 heterocycles. The smallest absolute Gasteiger partial charge is 0.178 e. The van der Waals surface area contributed by atoms with Gasteiger partial charge in [0.05, 0.1) is 6.20 Å². The highest BCUT2D eigenvalue weighted by Crippen LogP contribution is 2.33. The van der Waals surface area contributed by atoms with Gasteiger partial charge in [-0.3, -0.25) is 9.59 Å². The summed E-state index contributed by atoms with van der Waals surface area (Å²) in [5.41, 5.74) is 1.87. The van der Waals surface area contributed by atoms with Gasteiger partial charge in [0, 0.05) is 16.4 Å². The fraction of sp³-hybridized carbons (Fsp3) is 0.0588. The molecule has 0 spiro atoms. The van der Waals surface area contributed by atoms with Crippen LogP contribution < -0.4 is 0 Å². The lowest BCUT2D eigenvalue weighted by atomic mass is 9.94. The second-order valence-corrected chi connectivity index (χ2v) is 4.71. The molecule has 5 nitrogen and oxygen atoms in total. The normalized spacial score (nSPS) is 13.5. The topological polar surface area (TPSA) is 73.1 Å². The lowest BCUT2D eigenvalue weighted by molar-refractivity contribution is 0.0890. The van der Waals surface area contributed by atoms with E-state index in [9.17, 15) is 9.59 Å². The molecule has 1 aromatic heterocycles. The maximum atomic E-state index is 12.2. The predicted molar refractivity (Wildman–Crippen MR) is 78.6 cm³/mol. The highest BCUT2D eigenvalue weighted by Gasteiger charge is 2.38. The molecule has 0 radical (unpaired) electrons. The monoisotopic (exact) mass is 292 g/mol. The lowest BCUT2D eigenvalue weighted by Gasteiger charge is -2.05. The number of nitrogens with zero attached hydrogens (tertiary/aromatic N) is 2. The van der Waals surface area contributed by atoms with Crippen molar-refractivity contribution in [3.63, 3.8) is 0 Å². The van der Waals surface area contributed by atoms with Crippen molar-refractivity contribution in [1.29, 1.82) is 0 Å². The standard InChI is InChI=1S/C15H10O2.C2H2N2O/c16-14-11-8-4-5-9-12(11)15(17)13(14)10-6-2-1-3-7-10;1-2-5-4-3-1/h1-9,13H;1-2H. The Kier molecular flexibility index (Phi) is 3.87. The molecule has 0 saturated heterocycles. The van der Waals surface area contributed by atoms with Crippen LogP contribution in [0.4, 0.5) is 0 Å². The SMILES string of the molecule is O=C1c2ccccc2C(=O)C1c1ccccc1.c1conn1. The first-order valence-corrected chi connectivity index (χ1v) is 6.72. The van der Waals surface area contributed by atoms with Crippen molar-refractivity contribution in [3.05, 3.63) is 83.7 Å². The zero-order chi connectivity index (χ0) is 15.4. The molecule has 0 amide bonds. The maximum absolute atomic E-state index is 12.2. The Labute approximate surface area is 126 Å². The minimum absolute atomic E-state index is 0.0863. The summed E-state index contributed by atoms with van der Waals surface area (Å²) in [6.45, 7) is 0. The molecule has 0 fully saturated rings. The Morgan fingerprint density at radius 2 is 1.41 bits per heavy atom. The van der Waals surface area contributed by atoms with Gasteiger partial charge in [0.1, 0.15) is 12.2 Å². The van der Waals surface area contributed by atoms with Crippen LogP contribution >= 0.6 is 0 Å². The molecule has 0 atom stereocenters. The van der Waals surface area contributed by atoms with E-state index in [-0.39, 0.29) is 11.6 Å². The summed E-state index contributed by atoms with van der Waals surface area (Å²) < 4.78 is 4.22. The molecule has 0 saturated carbocycles. The number of hydrogen-bond acceptors (Lipinski definition) is 5. The van der Waals surface area contributed by atoms with E-state index < -0.39 is 5.92 Å². The van der Waals surface area contributed by atoms with Crippen molar-refractivity contribution in [1.82, 2.24) is 10.4 Å². The number of ketones is 2. The van der Waals surface area contributed by atoms with Crippen LogP contribution in [0.15, 0.2) is 71.6 Å². The minimum Gasteiger partial charge on any atom is -0.346 e. The maximum Gasteiger partial charge on any atom is 0.178 e. The van der Waals surface area contributed by atoms with Crippen LogP contribution in [0.5, 0.6) is 0 Å². The molecule has 5 heteroatoms. The first kappa shape index (κ1) is 13.9. The molecule has 0 N–H and O–H groups in total. The van der Waals surface area contributed by atoms with Gasteiger partial charge in [-0.1, -0.05) is 54.6 Å². The first-order valence-electron chi connectivity index (χ1n) is 6.72. The largest absolute Gasteiger partial charge is 0.346 e. The molecular weight excluding hydrogens is 280 g/mol. The van der Waals surface area contributed by atoms with Gasteiger partial charge in [-0.2, -0.15) is 0 Å². The average molecular weight is 292 g/mol. The van der Waals surface area contributed by atoms with E-state index in [1.165, 1.54) is 12.5 Å². The summed E-state index contributed by atoms with van der Waals surface area (Å²) in [6, 6.07) is 16.2. The molecule has 1 aliphatic rings. The van der Waals surface area contributed by atoms with E-state index in [2.05, 4.69) is 14.9 Å². The van der Waals surface area contributed by atoms with Gasteiger partial charge in [0.2, 0.25) is 0 Å². The van der Waals surface area contributed by atoms with E-state index in [4.69, 9.17) is 0 Å². The summed E-state index contributed by atoms with van der Waals surface area (Å²) in [5, 5.41) is 6.40. The van der Waals surface area contributed by atoms with Crippen LogP contribution in [-0.2, 0) is 0 Å². The van der Waals surface area contributed by atoms with Gasteiger partial charge in [-0.25, -0.2) is 0 Å². The van der Waals surface area contributed by atoms with E-state index in [1.54, 1.807) is 24.3 Å². The number of fused-ring (bicyclic) bond motifs is 1. The Hall–Kier alpha value is -3.08. The quantitative estimate of drug-likeness (QED) is 0.645. The van der Waals surface area contributed by atoms with Gasteiger partial charge >= 0.3 is 0 Å². The molecule has 2 aromatic carbocycles. The van der Waals surface area contributed by atoms with Gasteiger partial charge in [-0.15, -0.1) is 5.10 Å². The van der Waals surface area contributed by atoms with Crippen LogP contribution in [0.3, 0.4) is 0 Å². The van der Waals surface area contributed by atoms with Crippen molar-refractivity contribution in [2.45, 2.75) is 5.92 Å². The van der Waals surface area contributed by atoms with Gasteiger partial charge in [0.15, 0.2) is 11.6 Å². The molecule has 4 rings (SSSR count). The van der Waals surface area contributed by atoms with Crippen LogP contribution in [0.2, 0.25) is 0 Å². The summed E-state index contributed by atoms with van der Waals surface area (Å²) in [4.78, 5) is 24.4.